The SMILES string of the molecule is CN(C)CCCNc1nc(-c2ccc(Cl)cc2NC(=O)CCCN2CCN(C)CC2)nc2ccccc12. The standard InChI is InChI=1S/C28H38ClN7O/c1-34(2)14-7-13-30-27-22-8-4-5-9-24(22)32-28(33-27)23-12-11-21(29)20-25(23)31-26(37)10-6-15-36-18-16-35(3)17-19-36/h4-5,8-9,11-12,20H,6-7,10,13-19H2,1-3H3,(H,31,37)(H,30,32,33). The van der Waals surface area contributed by atoms with E-state index in [1.54, 1.807) is 6.07 Å². The van der Waals surface area contributed by atoms with Crippen molar-refractivity contribution in [2.24, 2.45) is 0 Å². The number of aromatic nitrogens is 2. The molecule has 1 fully saturated rings. The molecule has 0 atom stereocenters. The molecule has 3 aromatic rings. The van der Waals surface area contributed by atoms with Crippen molar-refractivity contribution < 1.29 is 4.79 Å². The number of amides is 1. The van der Waals surface area contributed by atoms with Crippen LogP contribution < -0.4 is 10.6 Å². The number of likely N-dealkylation sites (N-methyl/N-ethyl adjacent to an activating group) is 1. The summed E-state index contributed by atoms with van der Waals surface area (Å²) in [5.74, 6) is 1.32. The summed E-state index contributed by atoms with van der Waals surface area (Å²) in [6.07, 6.45) is 2.27. The molecule has 1 amide bonds. The molecular formula is C28H38ClN7O. The van der Waals surface area contributed by atoms with Gasteiger partial charge in [-0.05, 0) is 77.4 Å². The highest BCUT2D eigenvalue weighted by Crippen LogP contribution is 2.32. The molecule has 2 N–H and O–H groups in total. The van der Waals surface area contributed by atoms with E-state index in [9.17, 15) is 4.79 Å². The predicted molar refractivity (Wildman–Crippen MR) is 153 cm³/mol. The lowest BCUT2D eigenvalue weighted by molar-refractivity contribution is -0.116. The summed E-state index contributed by atoms with van der Waals surface area (Å²) < 4.78 is 0. The maximum Gasteiger partial charge on any atom is 0.224 e. The Labute approximate surface area is 225 Å². The summed E-state index contributed by atoms with van der Waals surface area (Å²) in [4.78, 5) is 29.5. The number of carbonyl (C=O) groups is 1. The minimum atomic E-state index is -0.0273. The predicted octanol–water partition coefficient (Wildman–Crippen LogP) is 4.28. The molecule has 1 aromatic heterocycles. The van der Waals surface area contributed by atoms with E-state index in [-0.39, 0.29) is 5.91 Å². The third kappa shape index (κ3) is 7.85. The number of benzene rings is 2. The highest BCUT2D eigenvalue weighted by atomic mass is 35.5. The highest BCUT2D eigenvalue weighted by molar-refractivity contribution is 6.31. The lowest BCUT2D eigenvalue weighted by atomic mass is 10.1. The van der Waals surface area contributed by atoms with Gasteiger partial charge in [0.2, 0.25) is 5.91 Å². The zero-order chi connectivity index (χ0) is 26.2. The Kier molecular flexibility index (Phi) is 9.68. The summed E-state index contributed by atoms with van der Waals surface area (Å²) in [6.45, 7) is 7.00. The van der Waals surface area contributed by atoms with Crippen LogP contribution in [0.3, 0.4) is 0 Å². The van der Waals surface area contributed by atoms with Gasteiger partial charge in [0.25, 0.3) is 0 Å². The second-order valence-corrected chi connectivity index (χ2v) is 10.4. The highest BCUT2D eigenvalue weighted by Gasteiger charge is 2.16. The van der Waals surface area contributed by atoms with E-state index in [1.807, 2.05) is 36.4 Å². The number of hydrogen-bond donors (Lipinski definition) is 2. The van der Waals surface area contributed by atoms with Crippen molar-refractivity contribution in [3.8, 4) is 11.4 Å². The monoisotopic (exact) mass is 523 g/mol. The molecule has 1 aliphatic heterocycles. The molecular weight excluding hydrogens is 486 g/mol. The number of anilines is 2. The summed E-state index contributed by atoms with van der Waals surface area (Å²) in [5, 5.41) is 8.09. The second kappa shape index (κ2) is 13.1. The fourth-order valence-corrected chi connectivity index (χ4v) is 4.67. The molecule has 37 heavy (non-hydrogen) atoms. The van der Waals surface area contributed by atoms with Crippen LogP contribution in [0.2, 0.25) is 5.02 Å². The van der Waals surface area contributed by atoms with Crippen LogP contribution in [0.5, 0.6) is 0 Å². The van der Waals surface area contributed by atoms with Gasteiger partial charge in [0.15, 0.2) is 5.82 Å². The van der Waals surface area contributed by atoms with Crippen LogP contribution in [0, 0.1) is 0 Å². The quantitative estimate of drug-likeness (QED) is 0.363. The van der Waals surface area contributed by atoms with Crippen LogP contribution in [0.1, 0.15) is 19.3 Å². The van der Waals surface area contributed by atoms with Gasteiger partial charge in [-0.2, -0.15) is 0 Å². The van der Waals surface area contributed by atoms with Gasteiger partial charge in [-0.25, -0.2) is 9.97 Å². The lowest BCUT2D eigenvalue weighted by Crippen LogP contribution is -2.44. The summed E-state index contributed by atoms with van der Waals surface area (Å²) in [5.41, 5.74) is 2.23. The van der Waals surface area contributed by atoms with E-state index >= 15 is 0 Å². The number of carbonyl (C=O) groups excluding carboxylic acids is 1. The smallest absolute Gasteiger partial charge is 0.224 e. The fraction of sp³-hybridized carbons (Fsp3) is 0.464. The van der Waals surface area contributed by atoms with E-state index in [2.05, 4.69) is 46.5 Å². The van der Waals surface area contributed by atoms with Gasteiger partial charge in [0.1, 0.15) is 5.82 Å². The van der Waals surface area contributed by atoms with Crippen molar-refractivity contribution in [2.45, 2.75) is 19.3 Å². The van der Waals surface area contributed by atoms with Crippen molar-refractivity contribution in [3.05, 3.63) is 47.5 Å². The Hall–Kier alpha value is -2.78. The number of nitrogens with one attached hydrogen (secondary N) is 2. The van der Waals surface area contributed by atoms with Crippen LogP contribution in [0.4, 0.5) is 11.5 Å². The molecule has 0 unspecified atom stereocenters. The first-order chi connectivity index (χ1) is 17.9. The Morgan fingerprint density at radius 1 is 1.05 bits per heavy atom. The molecule has 1 saturated heterocycles. The number of rotatable bonds is 11. The Morgan fingerprint density at radius 2 is 1.84 bits per heavy atom. The van der Waals surface area contributed by atoms with Gasteiger partial charge in [0.05, 0.1) is 11.2 Å². The summed E-state index contributed by atoms with van der Waals surface area (Å²) in [6, 6.07) is 13.4. The molecule has 4 rings (SSSR count). The molecule has 0 radical (unpaired) electrons. The Balaban J connectivity index is 1.49. The number of halogens is 1. The van der Waals surface area contributed by atoms with Crippen LogP contribution in [-0.4, -0.2) is 97.5 Å². The van der Waals surface area contributed by atoms with Gasteiger partial charge in [-0.15, -0.1) is 0 Å². The van der Waals surface area contributed by atoms with Crippen molar-refractivity contribution in [1.82, 2.24) is 24.7 Å². The van der Waals surface area contributed by atoms with E-state index in [0.717, 1.165) is 80.9 Å². The number of fused-ring (bicyclic) bond motifs is 1. The van der Waals surface area contributed by atoms with Gasteiger partial charge < -0.3 is 25.3 Å². The van der Waals surface area contributed by atoms with Gasteiger partial charge in [-0.1, -0.05) is 23.7 Å². The average Bonchev–Trinajstić information content (AvgIpc) is 2.87. The van der Waals surface area contributed by atoms with Crippen LogP contribution in [-0.2, 0) is 4.79 Å². The molecule has 8 nitrogen and oxygen atoms in total. The molecule has 9 heteroatoms. The fourth-order valence-electron chi connectivity index (χ4n) is 4.50. The van der Waals surface area contributed by atoms with E-state index in [4.69, 9.17) is 21.6 Å². The molecule has 2 aromatic carbocycles. The van der Waals surface area contributed by atoms with Crippen molar-refractivity contribution in [1.29, 1.82) is 0 Å². The lowest BCUT2D eigenvalue weighted by Gasteiger charge is -2.32. The van der Waals surface area contributed by atoms with Crippen molar-refractivity contribution in [2.75, 3.05) is 77.6 Å². The minimum absolute atomic E-state index is 0.0273. The van der Waals surface area contributed by atoms with Gasteiger partial charge >= 0.3 is 0 Å². The van der Waals surface area contributed by atoms with E-state index in [0.29, 0.717) is 23.0 Å². The number of para-hydroxylation sites is 1. The molecule has 2 heterocycles. The van der Waals surface area contributed by atoms with Crippen LogP contribution >= 0.6 is 11.6 Å². The largest absolute Gasteiger partial charge is 0.369 e. The first kappa shape index (κ1) is 27.3. The Morgan fingerprint density at radius 3 is 2.62 bits per heavy atom. The molecule has 0 bridgehead atoms. The number of hydrogen-bond acceptors (Lipinski definition) is 7. The first-order valence-electron chi connectivity index (χ1n) is 13.0. The Bertz CT molecular complexity index is 1190. The minimum Gasteiger partial charge on any atom is -0.369 e. The first-order valence-corrected chi connectivity index (χ1v) is 13.4. The number of piperazine rings is 1. The van der Waals surface area contributed by atoms with Crippen LogP contribution in [0.25, 0.3) is 22.3 Å². The molecule has 198 valence electrons. The van der Waals surface area contributed by atoms with Crippen molar-refractivity contribution in [3.63, 3.8) is 0 Å². The normalized spacial score (nSPS) is 14.8. The maximum atomic E-state index is 12.9. The topological polar surface area (TPSA) is 76.6 Å². The van der Waals surface area contributed by atoms with E-state index < -0.39 is 0 Å². The number of nitrogens with zero attached hydrogens (tertiary/aromatic N) is 5. The zero-order valence-corrected chi connectivity index (χ0v) is 22.9. The van der Waals surface area contributed by atoms with E-state index in [1.165, 1.54) is 0 Å². The maximum absolute atomic E-state index is 12.9. The third-order valence-electron chi connectivity index (χ3n) is 6.65. The second-order valence-electron chi connectivity index (χ2n) is 9.98. The molecule has 0 spiro atoms. The van der Waals surface area contributed by atoms with Gasteiger partial charge in [-0.3, -0.25) is 4.79 Å². The van der Waals surface area contributed by atoms with Crippen LogP contribution in [0.15, 0.2) is 42.5 Å². The summed E-state index contributed by atoms with van der Waals surface area (Å²) in [7, 11) is 6.29. The molecule has 0 aliphatic carbocycles. The average molecular weight is 524 g/mol. The van der Waals surface area contributed by atoms with Gasteiger partial charge in [0, 0.05) is 55.1 Å². The third-order valence-corrected chi connectivity index (χ3v) is 6.88. The van der Waals surface area contributed by atoms with Crippen molar-refractivity contribution >= 4 is 39.9 Å². The summed E-state index contributed by atoms with van der Waals surface area (Å²) >= 11 is 6.32. The zero-order valence-electron chi connectivity index (χ0n) is 22.1. The molecule has 1 aliphatic rings. The molecule has 0 saturated carbocycles.